The van der Waals surface area contributed by atoms with Crippen LogP contribution in [0.4, 0.5) is 22.4 Å². The van der Waals surface area contributed by atoms with Crippen LogP contribution in [0.5, 0.6) is 5.75 Å². The number of ketones is 1. The lowest BCUT2D eigenvalue weighted by Crippen LogP contribution is -2.45. The van der Waals surface area contributed by atoms with E-state index in [9.17, 15) is 32.3 Å². The maximum absolute atomic E-state index is 14.9. The van der Waals surface area contributed by atoms with Crippen molar-refractivity contribution in [3.8, 4) is 17.0 Å². The zero-order valence-electron chi connectivity index (χ0n) is 28.1. The molecule has 0 radical (unpaired) electrons. The largest absolute Gasteiger partial charge is 0.496 e. The maximum Gasteiger partial charge on any atom is 0.422 e. The molecular weight excluding hydrogens is 712 g/mol. The van der Waals surface area contributed by atoms with Crippen LogP contribution < -0.4 is 15.8 Å². The zero-order chi connectivity index (χ0) is 38.3. The molecule has 1 atom stereocenters. The number of Topliss-reactive ketones (excluding diaryl/α,β-unsaturated/α-hetero) is 1. The van der Waals surface area contributed by atoms with Gasteiger partial charge in [-0.3, -0.25) is 4.79 Å². The number of halogens is 5. The molecule has 52 heavy (non-hydrogen) atoms. The van der Waals surface area contributed by atoms with Crippen molar-refractivity contribution in [3.05, 3.63) is 118 Å². The van der Waals surface area contributed by atoms with Crippen LogP contribution in [0.2, 0.25) is 5.02 Å². The van der Waals surface area contributed by atoms with Crippen molar-refractivity contribution in [2.75, 3.05) is 7.11 Å². The number of carbonyl (C=O) groups excluding carboxylic acids is 2. The number of benzene rings is 3. The van der Waals surface area contributed by atoms with E-state index in [1.807, 2.05) is 0 Å². The van der Waals surface area contributed by atoms with E-state index in [0.717, 1.165) is 18.2 Å². The van der Waals surface area contributed by atoms with Crippen LogP contribution in [0.3, 0.4) is 0 Å². The number of carbonyl (C=O) groups is 2. The summed E-state index contributed by atoms with van der Waals surface area (Å²) in [6.07, 6.45) is -8.18. The average Bonchev–Trinajstić information content (AvgIpc) is 3.12. The number of amidine groups is 1. The molecular formula is C36H35ClF4N4O7. The fourth-order valence-electron chi connectivity index (χ4n) is 5.06. The van der Waals surface area contributed by atoms with Crippen molar-refractivity contribution in [1.29, 1.82) is 0 Å². The van der Waals surface area contributed by atoms with Gasteiger partial charge in [0.25, 0.3) is 0 Å². The van der Waals surface area contributed by atoms with E-state index < -0.39 is 59.6 Å². The Kier molecular flexibility index (Phi) is 12.3. The summed E-state index contributed by atoms with van der Waals surface area (Å²) in [6.45, 7) is 2.71. The number of alkyl halides is 3. The highest BCUT2D eigenvalue weighted by molar-refractivity contribution is 6.31. The molecule has 0 aliphatic rings. The summed E-state index contributed by atoms with van der Waals surface area (Å²) >= 11 is 5.98. The second-order valence-electron chi connectivity index (χ2n) is 12.1. The van der Waals surface area contributed by atoms with Gasteiger partial charge in [-0.2, -0.15) is 13.2 Å². The van der Waals surface area contributed by atoms with E-state index in [4.69, 9.17) is 36.8 Å². The molecule has 0 spiro atoms. The predicted octanol–water partition coefficient (Wildman–Crippen LogP) is 7.34. The summed E-state index contributed by atoms with van der Waals surface area (Å²) in [7, 11) is 1.29. The van der Waals surface area contributed by atoms with Crippen LogP contribution >= 0.6 is 11.6 Å². The van der Waals surface area contributed by atoms with Gasteiger partial charge in [0.05, 0.1) is 29.1 Å². The highest BCUT2D eigenvalue weighted by Crippen LogP contribution is 2.44. The molecule has 1 heterocycles. The van der Waals surface area contributed by atoms with Crippen molar-refractivity contribution in [3.63, 3.8) is 0 Å². The topological polar surface area (TPSA) is 166 Å². The van der Waals surface area contributed by atoms with Gasteiger partial charge < -0.3 is 35.6 Å². The Morgan fingerprint density at radius 3 is 2.33 bits per heavy atom. The number of nitrogens with zero attached hydrogens (tertiary/aromatic N) is 2. The standard InChI is InChI=1S/C36H35ClF4N4O7/c1-34(2,44-33(47)52-19-21-7-5-4-6-8-21)25-17-28(22-11-12-27(38)26(37)15-22)43-31(18-25)35(48,36(39,40)41)14-13-29(46)23-9-10-24(30(16-23)50-3)20-51-32(42)45-49/h4-12,15-18,48-49H,13-14,19-20H2,1-3H3,(H2,42,45)(H,44,47). The molecule has 3 aromatic carbocycles. The average molecular weight is 747 g/mol. The number of nitrogens with one attached hydrogen (secondary N) is 1. The molecule has 1 aromatic heterocycles. The van der Waals surface area contributed by atoms with Crippen molar-refractivity contribution in [1.82, 2.24) is 10.3 Å². The summed E-state index contributed by atoms with van der Waals surface area (Å²) in [5.41, 5.74) is 0.419. The van der Waals surface area contributed by atoms with Crippen LogP contribution in [0.15, 0.2) is 84.0 Å². The molecule has 0 saturated carbocycles. The first-order chi connectivity index (χ1) is 24.5. The lowest BCUT2D eigenvalue weighted by atomic mass is 9.86. The minimum atomic E-state index is -5.35. The Morgan fingerprint density at radius 1 is 0.981 bits per heavy atom. The molecule has 0 fully saturated rings. The van der Waals surface area contributed by atoms with Crippen molar-refractivity contribution < 1.29 is 51.7 Å². The van der Waals surface area contributed by atoms with Crippen LogP contribution in [-0.4, -0.2) is 46.5 Å². The van der Waals surface area contributed by atoms with Gasteiger partial charge in [0.1, 0.15) is 24.8 Å². The summed E-state index contributed by atoms with van der Waals surface area (Å²) in [5.74, 6) is -1.41. The molecule has 0 saturated heterocycles. The van der Waals surface area contributed by atoms with Crippen LogP contribution in [-0.2, 0) is 33.8 Å². The number of rotatable bonds is 13. The Balaban J connectivity index is 1.69. The van der Waals surface area contributed by atoms with E-state index >= 15 is 0 Å². The molecule has 0 aliphatic heterocycles. The second kappa shape index (κ2) is 16.3. The molecule has 0 bridgehead atoms. The number of pyridine rings is 1. The first-order valence-corrected chi connectivity index (χ1v) is 15.9. The minimum absolute atomic E-state index is 0.0309. The normalized spacial score (nSPS) is 13.2. The summed E-state index contributed by atoms with van der Waals surface area (Å²) in [4.78, 5) is 30.2. The number of aromatic nitrogens is 1. The van der Waals surface area contributed by atoms with E-state index in [1.54, 1.807) is 30.3 Å². The minimum Gasteiger partial charge on any atom is -0.496 e. The SMILES string of the molecule is COc1cc(C(=O)CCC(O)(c2cc(C(C)(C)NC(=O)OCc3ccccc3)cc(-c3ccc(F)c(Cl)c3)n2)C(F)(F)F)ccc1CO/C(N)=N/O. The first kappa shape index (κ1) is 39.4. The summed E-state index contributed by atoms with van der Waals surface area (Å²) < 4.78 is 74.4. The number of hydrogen-bond acceptors (Lipinski definition) is 9. The molecule has 4 rings (SSSR count). The molecule has 11 nitrogen and oxygen atoms in total. The van der Waals surface area contributed by atoms with E-state index in [1.165, 1.54) is 51.3 Å². The number of oxime groups is 1. The third-order valence-corrected chi connectivity index (χ3v) is 8.37. The highest BCUT2D eigenvalue weighted by Gasteiger charge is 2.56. The first-order valence-electron chi connectivity index (χ1n) is 15.5. The molecule has 0 aliphatic carbocycles. The summed E-state index contributed by atoms with van der Waals surface area (Å²) in [5, 5.41) is 25.1. The second-order valence-corrected chi connectivity index (χ2v) is 12.5. The third kappa shape index (κ3) is 9.47. The van der Waals surface area contributed by atoms with E-state index in [0.29, 0.717) is 11.1 Å². The monoisotopic (exact) mass is 746 g/mol. The van der Waals surface area contributed by atoms with Gasteiger partial charge in [-0.25, -0.2) is 14.2 Å². The van der Waals surface area contributed by atoms with Crippen molar-refractivity contribution in [2.24, 2.45) is 10.9 Å². The molecule has 5 N–H and O–H groups in total. The number of aliphatic hydroxyl groups is 1. The Hall–Kier alpha value is -5.41. The summed E-state index contributed by atoms with van der Waals surface area (Å²) in [6, 6.07) is 18.0. The maximum atomic E-state index is 14.9. The predicted molar refractivity (Wildman–Crippen MR) is 182 cm³/mol. The van der Waals surface area contributed by atoms with E-state index in [2.05, 4.69) is 15.5 Å². The smallest absolute Gasteiger partial charge is 0.422 e. The van der Waals surface area contributed by atoms with Crippen LogP contribution in [0, 0.1) is 5.82 Å². The zero-order valence-corrected chi connectivity index (χ0v) is 28.9. The number of hydrogen-bond donors (Lipinski definition) is 4. The van der Waals surface area contributed by atoms with Gasteiger partial charge in [-0.15, -0.1) is 0 Å². The number of methoxy groups -OCH3 is 1. The van der Waals surface area contributed by atoms with Gasteiger partial charge in [0, 0.05) is 23.1 Å². The van der Waals surface area contributed by atoms with Crippen molar-refractivity contribution >= 4 is 29.5 Å². The number of nitrogens with two attached hydrogens (primary N) is 1. The fraction of sp³-hybridized carbons (Fsp3) is 0.278. The van der Waals surface area contributed by atoms with Gasteiger partial charge in [-0.1, -0.05) is 54.1 Å². The van der Waals surface area contributed by atoms with Crippen LogP contribution in [0.25, 0.3) is 11.3 Å². The molecule has 16 heteroatoms. The lowest BCUT2D eigenvalue weighted by Gasteiger charge is -2.33. The number of ether oxygens (including phenoxy) is 3. The number of alkyl carbamates (subject to hydrolysis) is 1. The van der Waals surface area contributed by atoms with Gasteiger partial charge in [-0.05, 0) is 72.9 Å². The highest BCUT2D eigenvalue weighted by atomic mass is 35.5. The van der Waals surface area contributed by atoms with Gasteiger partial charge in [0.2, 0.25) is 5.60 Å². The third-order valence-electron chi connectivity index (χ3n) is 8.08. The Morgan fingerprint density at radius 2 is 1.69 bits per heavy atom. The van der Waals surface area contributed by atoms with Crippen LogP contribution in [0.1, 0.15) is 59.4 Å². The quantitative estimate of drug-likeness (QED) is 0.0273. The number of amides is 1. The van der Waals surface area contributed by atoms with Crippen molar-refractivity contribution in [2.45, 2.75) is 57.2 Å². The molecule has 1 amide bonds. The van der Waals surface area contributed by atoms with Gasteiger partial charge in [0.15, 0.2) is 5.78 Å². The molecule has 276 valence electrons. The molecule has 1 unspecified atom stereocenters. The van der Waals surface area contributed by atoms with Gasteiger partial charge >= 0.3 is 18.3 Å². The fourth-order valence-corrected chi connectivity index (χ4v) is 5.25. The Bertz CT molecular complexity index is 1940. The van der Waals surface area contributed by atoms with E-state index in [-0.39, 0.29) is 46.4 Å². The lowest BCUT2D eigenvalue weighted by molar-refractivity contribution is -0.270. The molecule has 4 aromatic rings. The Labute approximate surface area is 301 Å².